The third kappa shape index (κ3) is 2.99. The molecular weight excluding hydrogens is 282 g/mol. The molecule has 7 nitrogen and oxygen atoms in total. The molecule has 0 fully saturated rings. The first-order valence-corrected chi connectivity index (χ1v) is 5.87. The van der Waals surface area contributed by atoms with Crippen LogP contribution in [0.5, 0.6) is 0 Å². The molecule has 2 rings (SSSR count). The first-order valence-electron chi connectivity index (χ1n) is 5.49. The van der Waals surface area contributed by atoms with Crippen LogP contribution in [0.25, 0.3) is 0 Å². The lowest BCUT2D eigenvalue weighted by Crippen LogP contribution is -2.01. The van der Waals surface area contributed by atoms with Crippen molar-refractivity contribution in [1.29, 1.82) is 5.26 Å². The van der Waals surface area contributed by atoms with Crippen LogP contribution in [0.1, 0.15) is 5.56 Å². The second kappa shape index (κ2) is 5.95. The van der Waals surface area contributed by atoms with Gasteiger partial charge in [-0.25, -0.2) is 9.97 Å². The molecule has 0 aliphatic rings. The van der Waals surface area contributed by atoms with Crippen molar-refractivity contribution in [3.8, 4) is 6.07 Å². The highest BCUT2D eigenvalue weighted by molar-refractivity contribution is 6.31. The highest BCUT2D eigenvalue weighted by atomic mass is 35.5. The smallest absolute Gasteiger partial charge is 0.334 e. The molecule has 8 heteroatoms. The highest BCUT2D eigenvalue weighted by Crippen LogP contribution is 2.30. The van der Waals surface area contributed by atoms with Crippen molar-refractivity contribution in [2.75, 3.05) is 5.32 Å². The Balaban J connectivity index is 2.28. The first kappa shape index (κ1) is 13.7. The number of hydrogen-bond donors (Lipinski definition) is 1. The van der Waals surface area contributed by atoms with Crippen LogP contribution in [0.4, 0.5) is 17.2 Å². The first-order chi connectivity index (χ1) is 9.61. The number of halogens is 1. The fraction of sp³-hybridized carbons (Fsp3) is 0.0833. The van der Waals surface area contributed by atoms with E-state index in [4.69, 9.17) is 16.9 Å². The van der Waals surface area contributed by atoms with Gasteiger partial charge in [-0.2, -0.15) is 5.26 Å². The van der Waals surface area contributed by atoms with Crippen molar-refractivity contribution in [1.82, 2.24) is 9.97 Å². The molecule has 1 aromatic heterocycles. The van der Waals surface area contributed by atoms with Crippen LogP contribution in [-0.2, 0) is 6.42 Å². The molecule has 1 N–H and O–H groups in total. The van der Waals surface area contributed by atoms with Crippen molar-refractivity contribution in [2.45, 2.75) is 6.42 Å². The molecule has 0 aliphatic heterocycles. The van der Waals surface area contributed by atoms with Crippen molar-refractivity contribution >= 4 is 28.8 Å². The van der Waals surface area contributed by atoms with Crippen LogP contribution in [0, 0.1) is 21.4 Å². The standard InChI is InChI=1S/C12H8ClN5O2/c13-11-10(18(19)20)12(16-7-15-11)17-9-3-1-8(2-4-9)5-6-14/h1-4,7H,5H2,(H,15,16,17). The second-order valence-electron chi connectivity index (χ2n) is 3.78. The van der Waals surface area contributed by atoms with Gasteiger partial charge in [-0.1, -0.05) is 23.7 Å². The van der Waals surface area contributed by atoms with E-state index in [2.05, 4.69) is 15.3 Å². The molecule has 1 aromatic carbocycles. The third-order valence-corrected chi connectivity index (χ3v) is 2.74. The highest BCUT2D eigenvalue weighted by Gasteiger charge is 2.21. The molecular formula is C12H8ClN5O2. The average molecular weight is 290 g/mol. The zero-order chi connectivity index (χ0) is 14.5. The van der Waals surface area contributed by atoms with E-state index in [0.717, 1.165) is 11.9 Å². The largest absolute Gasteiger partial charge is 0.348 e. The summed E-state index contributed by atoms with van der Waals surface area (Å²) in [5, 5.41) is 22.1. The molecule has 0 spiro atoms. The predicted octanol–water partition coefficient (Wildman–Crippen LogP) is 2.85. The Morgan fingerprint density at radius 3 is 2.65 bits per heavy atom. The molecule has 1 heterocycles. The number of nitriles is 1. The van der Waals surface area contributed by atoms with Gasteiger partial charge in [0.1, 0.15) is 6.33 Å². The molecule has 0 unspecified atom stereocenters. The number of nitrogens with one attached hydrogen (secondary N) is 1. The Morgan fingerprint density at radius 2 is 2.05 bits per heavy atom. The van der Waals surface area contributed by atoms with Crippen molar-refractivity contribution in [3.63, 3.8) is 0 Å². The van der Waals surface area contributed by atoms with Crippen molar-refractivity contribution < 1.29 is 4.92 Å². The summed E-state index contributed by atoms with van der Waals surface area (Å²) >= 11 is 5.69. The maximum absolute atomic E-state index is 10.9. The Labute approximate surface area is 119 Å². The molecule has 2 aromatic rings. The number of nitrogens with zero attached hydrogens (tertiary/aromatic N) is 4. The topological polar surface area (TPSA) is 105 Å². The van der Waals surface area contributed by atoms with E-state index in [9.17, 15) is 10.1 Å². The van der Waals surface area contributed by atoms with Gasteiger partial charge >= 0.3 is 5.69 Å². The Bertz CT molecular complexity index is 681. The number of rotatable bonds is 4. The van der Waals surface area contributed by atoms with E-state index in [0.29, 0.717) is 12.1 Å². The van der Waals surface area contributed by atoms with Crippen molar-refractivity contribution in [2.24, 2.45) is 0 Å². The number of nitro groups is 1. The Hall–Kier alpha value is -2.72. The van der Waals surface area contributed by atoms with Crippen LogP contribution in [0.2, 0.25) is 5.15 Å². The van der Waals surface area contributed by atoms with Crippen molar-refractivity contribution in [3.05, 3.63) is 51.4 Å². The SMILES string of the molecule is N#CCc1ccc(Nc2ncnc(Cl)c2[N+](=O)[O-])cc1. The number of aromatic nitrogens is 2. The summed E-state index contributed by atoms with van der Waals surface area (Å²) in [6.45, 7) is 0. The molecule has 0 amide bonds. The second-order valence-corrected chi connectivity index (χ2v) is 4.13. The lowest BCUT2D eigenvalue weighted by molar-refractivity contribution is -0.384. The predicted molar refractivity (Wildman–Crippen MR) is 72.7 cm³/mol. The molecule has 20 heavy (non-hydrogen) atoms. The number of hydrogen-bond acceptors (Lipinski definition) is 6. The van der Waals surface area contributed by atoms with Gasteiger partial charge in [0.2, 0.25) is 11.0 Å². The molecule has 0 saturated heterocycles. The summed E-state index contributed by atoms with van der Waals surface area (Å²) in [7, 11) is 0. The minimum atomic E-state index is -0.644. The van der Waals surface area contributed by atoms with E-state index >= 15 is 0 Å². The molecule has 0 radical (unpaired) electrons. The minimum absolute atomic E-state index is 0.0167. The Kier molecular flexibility index (Phi) is 4.08. The maximum atomic E-state index is 10.9. The number of anilines is 2. The van der Waals surface area contributed by atoms with Gasteiger partial charge < -0.3 is 5.32 Å². The summed E-state index contributed by atoms with van der Waals surface area (Å²) in [5.41, 5.74) is 1.08. The van der Waals surface area contributed by atoms with Gasteiger partial charge in [0.05, 0.1) is 17.4 Å². The molecule has 0 saturated carbocycles. The molecule has 0 bridgehead atoms. The zero-order valence-electron chi connectivity index (χ0n) is 10.1. The van der Waals surface area contributed by atoms with Crippen LogP contribution in [-0.4, -0.2) is 14.9 Å². The van der Waals surface area contributed by atoms with Gasteiger partial charge in [-0.3, -0.25) is 10.1 Å². The normalized spacial score (nSPS) is 9.80. The maximum Gasteiger partial charge on any atom is 0.348 e. The van der Waals surface area contributed by atoms with E-state index in [1.165, 1.54) is 0 Å². The van der Waals surface area contributed by atoms with Gasteiger partial charge in [-0.15, -0.1) is 0 Å². The average Bonchev–Trinajstić information content (AvgIpc) is 2.41. The van der Waals surface area contributed by atoms with Gasteiger partial charge in [0.15, 0.2) is 0 Å². The summed E-state index contributed by atoms with van der Waals surface area (Å²) in [6.07, 6.45) is 1.45. The van der Waals surface area contributed by atoms with Crippen LogP contribution >= 0.6 is 11.6 Å². The number of benzene rings is 1. The lowest BCUT2D eigenvalue weighted by atomic mass is 10.1. The van der Waals surface area contributed by atoms with Crippen LogP contribution in [0.15, 0.2) is 30.6 Å². The van der Waals surface area contributed by atoms with Gasteiger partial charge in [-0.05, 0) is 17.7 Å². The van der Waals surface area contributed by atoms with E-state index in [-0.39, 0.29) is 16.7 Å². The van der Waals surface area contributed by atoms with Crippen LogP contribution < -0.4 is 5.32 Å². The third-order valence-electron chi connectivity index (χ3n) is 2.46. The summed E-state index contributed by atoms with van der Waals surface area (Å²) in [4.78, 5) is 17.7. The Morgan fingerprint density at radius 1 is 1.35 bits per heavy atom. The van der Waals surface area contributed by atoms with E-state index < -0.39 is 4.92 Å². The summed E-state index contributed by atoms with van der Waals surface area (Å²) in [6, 6.07) is 8.94. The summed E-state index contributed by atoms with van der Waals surface area (Å²) in [5.74, 6) is 0.0167. The quantitative estimate of drug-likeness (QED) is 0.527. The summed E-state index contributed by atoms with van der Waals surface area (Å²) < 4.78 is 0. The fourth-order valence-electron chi connectivity index (χ4n) is 1.54. The monoisotopic (exact) mass is 289 g/mol. The van der Waals surface area contributed by atoms with E-state index in [1.807, 2.05) is 6.07 Å². The van der Waals surface area contributed by atoms with E-state index in [1.54, 1.807) is 24.3 Å². The molecule has 0 aliphatic carbocycles. The van der Waals surface area contributed by atoms with Crippen LogP contribution in [0.3, 0.4) is 0 Å². The van der Waals surface area contributed by atoms with Gasteiger partial charge in [0.25, 0.3) is 0 Å². The molecule has 100 valence electrons. The molecule has 0 atom stereocenters. The van der Waals surface area contributed by atoms with Gasteiger partial charge in [0, 0.05) is 5.69 Å². The minimum Gasteiger partial charge on any atom is -0.334 e. The zero-order valence-corrected chi connectivity index (χ0v) is 10.8. The lowest BCUT2D eigenvalue weighted by Gasteiger charge is -2.06. The fourth-order valence-corrected chi connectivity index (χ4v) is 1.75.